The van der Waals surface area contributed by atoms with Crippen LogP contribution in [0.1, 0.15) is 40.3 Å². The van der Waals surface area contributed by atoms with Gasteiger partial charge < -0.3 is 4.74 Å². The average molecular weight is 497 g/mol. The summed E-state index contributed by atoms with van der Waals surface area (Å²) in [4.78, 5) is 18.4. The van der Waals surface area contributed by atoms with Crippen molar-refractivity contribution in [2.24, 2.45) is 5.10 Å². The number of nitrogens with zero attached hydrogens (tertiary/aromatic N) is 4. The van der Waals surface area contributed by atoms with Gasteiger partial charge in [-0.25, -0.2) is 5.01 Å². The Labute approximate surface area is 220 Å². The molecule has 1 saturated heterocycles. The lowest BCUT2D eigenvalue weighted by Crippen LogP contribution is -2.49. The van der Waals surface area contributed by atoms with E-state index >= 15 is 0 Å². The van der Waals surface area contributed by atoms with Crippen LogP contribution in [0.25, 0.3) is 0 Å². The van der Waals surface area contributed by atoms with Crippen molar-refractivity contribution in [3.8, 4) is 5.75 Å². The maximum absolute atomic E-state index is 13.7. The van der Waals surface area contributed by atoms with E-state index in [9.17, 15) is 4.79 Å². The van der Waals surface area contributed by atoms with E-state index < -0.39 is 0 Å². The van der Waals surface area contributed by atoms with E-state index in [1.54, 1.807) is 12.1 Å². The number of piperazine rings is 1. The molecule has 2 aliphatic rings. The van der Waals surface area contributed by atoms with Gasteiger partial charge in [-0.3, -0.25) is 14.6 Å². The van der Waals surface area contributed by atoms with Gasteiger partial charge in [0.1, 0.15) is 5.75 Å². The van der Waals surface area contributed by atoms with Crippen molar-refractivity contribution in [2.75, 3.05) is 39.8 Å². The molecule has 0 radical (unpaired) electrons. The molecule has 0 saturated carbocycles. The molecular formula is C31H36N4O2. The predicted molar refractivity (Wildman–Crippen MR) is 148 cm³/mol. The lowest BCUT2D eigenvalue weighted by atomic mass is 9.95. The highest BCUT2D eigenvalue weighted by Gasteiger charge is 2.36. The molecule has 6 heteroatoms. The predicted octanol–water partition coefficient (Wildman–Crippen LogP) is 4.81. The molecule has 1 atom stereocenters. The number of ether oxygens (including phenoxy) is 1. The molecule has 3 aromatic carbocycles. The number of carbonyl (C=O) groups excluding carboxylic acids is 1. The summed E-state index contributed by atoms with van der Waals surface area (Å²) in [6, 6.07) is 24.8. The van der Waals surface area contributed by atoms with Crippen molar-refractivity contribution < 1.29 is 9.53 Å². The first kappa shape index (κ1) is 25.2. The van der Waals surface area contributed by atoms with Gasteiger partial charge in [-0.2, -0.15) is 5.10 Å². The number of benzene rings is 3. The van der Waals surface area contributed by atoms with Crippen LogP contribution < -0.4 is 4.74 Å². The largest absolute Gasteiger partial charge is 0.496 e. The number of rotatable bonds is 7. The molecule has 0 aromatic heterocycles. The normalized spacial score (nSPS) is 18.6. The molecule has 1 amide bonds. The SMILES string of the molecule is COc1ccccc1[C@@H]1CC(c2ccc(C)cc2C)=NN1C(=O)CN1CCN(Cc2ccccc2)CC1. The molecule has 37 heavy (non-hydrogen) atoms. The van der Waals surface area contributed by atoms with Gasteiger partial charge >= 0.3 is 0 Å². The highest BCUT2D eigenvalue weighted by atomic mass is 16.5. The van der Waals surface area contributed by atoms with Gasteiger partial charge in [0.25, 0.3) is 5.91 Å². The highest BCUT2D eigenvalue weighted by Crippen LogP contribution is 2.38. The van der Waals surface area contributed by atoms with Gasteiger partial charge in [-0.1, -0.05) is 72.3 Å². The number of hydrogen-bond donors (Lipinski definition) is 0. The molecule has 6 nitrogen and oxygen atoms in total. The minimum atomic E-state index is -0.182. The van der Waals surface area contributed by atoms with Gasteiger partial charge in [0.2, 0.25) is 0 Å². The van der Waals surface area contributed by atoms with Gasteiger partial charge in [-0.05, 0) is 31.0 Å². The van der Waals surface area contributed by atoms with Crippen LogP contribution in [0.4, 0.5) is 0 Å². The Morgan fingerprint density at radius 2 is 1.62 bits per heavy atom. The molecule has 0 N–H and O–H groups in total. The van der Waals surface area contributed by atoms with E-state index in [2.05, 4.69) is 72.2 Å². The lowest BCUT2D eigenvalue weighted by molar-refractivity contribution is -0.134. The molecule has 3 aromatic rings. The first-order valence-corrected chi connectivity index (χ1v) is 13.1. The van der Waals surface area contributed by atoms with Crippen LogP contribution >= 0.6 is 0 Å². The number of aryl methyl sites for hydroxylation is 2. The minimum absolute atomic E-state index is 0.0344. The summed E-state index contributed by atoms with van der Waals surface area (Å²) in [5, 5.41) is 6.64. The summed E-state index contributed by atoms with van der Waals surface area (Å²) >= 11 is 0. The Kier molecular flexibility index (Phi) is 7.68. The third-order valence-corrected chi connectivity index (χ3v) is 7.43. The first-order chi connectivity index (χ1) is 18.0. The number of amides is 1. The monoisotopic (exact) mass is 496 g/mol. The van der Waals surface area contributed by atoms with Crippen LogP contribution in [0.15, 0.2) is 77.9 Å². The zero-order chi connectivity index (χ0) is 25.8. The van der Waals surface area contributed by atoms with E-state index in [0.29, 0.717) is 13.0 Å². The van der Waals surface area contributed by atoms with E-state index in [1.165, 1.54) is 16.7 Å². The van der Waals surface area contributed by atoms with Crippen LogP contribution in [0.2, 0.25) is 0 Å². The second kappa shape index (κ2) is 11.3. The van der Waals surface area contributed by atoms with Gasteiger partial charge in [0.05, 0.1) is 25.4 Å². The second-order valence-electron chi connectivity index (χ2n) is 10.1. The van der Waals surface area contributed by atoms with E-state index in [0.717, 1.165) is 55.3 Å². The second-order valence-corrected chi connectivity index (χ2v) is 10.1. The van der Waals surface area contributed by atoms with E-state index in [4.69, 9.17) is 9.84 Å². The molecule has 0 spiro atoms. The minimum Gasteiger partial charge on any atom is -0.496 e. The topological polar surface area (TPSA) is 48.4 Å². The fraction of sp³-hybridized carbons (Fsp3) is 0.355. The Morgan fingerprint density at radius 1 is 0.919 bits per heavy atom. The van der Waals surface area contributed by atoms with Crippen LogP contribution in [0, 0.1) is 13.8 Å². The molecule has 1 fully saturated rings. The molecule has 5 rings (SSSR count). The summed E-state index contributed by atoms with van der Waals surface area (Å²) in [7, 11) is 1.68. The third-order valence-electron chi connectivity index (χ3n) is 7.43. The Balaban J connectivity index is 1.31. The highest BCUT2D eigenvalue weighted by molar-refractivity contribution is 6.04. The number of carbonyl (C=O) groups is 1. The lowest BCUT2D eigenvalue weighted by Gasteiger charge is -2.35. The van der Waals surface area contributed by atoms with Crippen LogP contribution in [-0.2, 0) is 11.3 Å². The molecular weight excluding hydrogens is 460 g/mol. The smallest absolute Gasteiger partial charge is 0.257 e. The fourth-order valence-corrected chi connectivity index (χ4v) is 5.44. The number of para-hydroxylation sites is 1. The van der Waals surface area contributed by atoms with Crippen LogP contribution in [-0.4, -0.2) is 66.3 Å². The number of hydrazone groups is 1. The zero-order valence-electron chi connectivity index (χ0n) is 22.1. The van der Waals surface area contributed by atoms with Gasteiger partial charge in [-0.15, -0.1) is 0 Å². The van der Waals surface area contributed by atoms with Gasteiger partial charge in [0.15, 0.2) is 0 Å². The quantitative estimate of drug-likeness (QED) is 0.471. The standard InChI is InChI=1S/C31H36N4O2/c1-23-13-14-26(24(2)19-23)28-20-29(27-11-7-8-12-30(27)37-3)35(32-28)31(36)22-34-17-15-33(16-18-34)21-25-9-5-4-6-10-25/h4-14,19,29H,15-18,20-22H2,1-3H3/t29-/m0/s1. The molecule has 0 unspecified atom stereocenters. The van der Waals surface area contributed by atoms with Crippen molar-refractivity contribution in [2.45, 2.75) is 32.9 Å². The van der Waals surface area contributed by atoms with E-state index in [1.807, 2.05) is 24.3 Å². The zero-order valence-corrected chi connectivity index (χ0v) is 22.1. The third kappa shape index (κ3) is 5.76. The van der Waals surface area contributed by atoms with E-state index in [-0.39, 0.29) is 11.9 Å². The summed E-state index contributed by atoms with van der Waals surface area (Å²) < 4.78 is 5.67. The van der Waals surface area contributed by atoms with Crippen LogP contribution in [0.5, 0.6) is 5.75 Å². The fourth-order valence-electron chi connectivity index (χ4n) is 5.44. The summed E-state index contributed by atoms with van der Waals surface area (Å²) in [5.41, 5.74) is 6.79. The molecule has 2 heterocycles. The van der Waals surface area contributed by atoms with Gasteiger partial charge in [0, 0.05) is 50.3 Å². The number of methoxy groups -OCH3 is 1. The molecule has 2 aliphatic heterocycles. The summed E-state index contributed by atoms with van der Waals surface area (Å²) in [5.74, 6) is 0.823. The van der Waals surface area contributed by atoms with Crippen LogP contribution in [0.3, 0.4) is 0 Å². The maximum atomic E-state index is 13.7. The summed E-state index contributed by atoms with van der Waals surface area (Å²) in [6.07, 6.45) is 0.668. The van der Waals surface area contributed by atoms with Crippen molar-refractivity contribution in [1.29, 1.82) is 0 Å². The summed E-state index contributed by atoms with van der Waals surface area (Å²) in [6.45, 7) is 9.19. The first-order valence-electron chi connectivity index (χ1n) is 13.1. The number of hydrogen-bond acceptors (Lipinski definition) is 5. The average Bonchev–Trinajstić information content (AvgIpc) is 3.35. The molecule has 0 aliphatic carbocycles. The molecule has 0 bridgehead atoms. The Bertz CT molecular complexity index is 1270. The van der Waals surface area contributed by atoms with Crippen molar-refractivity contribution >= 4 is 11.6 Å². The maximum Gasteiger partial charge on any atom is 0.257 e. The molecule has 192 valence electrons. The van der Waals surface area contributed by atoms with Crippen molar-refractivity contribution in [3.63, 3.8) is 0 Å². The van der Waals surface area contributed by atoms with Crippen molar-refractivity contribution in [1.82, 2.24) is 14.8 Å². The van der Waals surface area contributed by atoms with Crippen molar-refractivity contribution in [3.05, 3.63) is 101 Å². The Morgan fingerprint density at radius 3 is 2.35 bits per heavy atom. The Hall–Kier alpha value is -3.48.